The highest BCUT2D eigenvalue weighted by molar-refractivity contribution is 5.86. The van der Waals surface area contributed by atoms with E-state index in [0.717, 1.165) is 38.5 Å². The summed E-state index contributed by atoms with van der Waals surface area (Å²) in [6.45, 7) is 0.825. The number of carbonyl (C=O) groups is 3. The Bertz CT molecular complexity index is 612. The molecule has 2 N–H and O–H groups in total. The third-order valence-corrected chi connectivity index (χ3v) is 6.26. The van der Waals surface area contributed by atoms with Crippen LogP contribution in [0.15, 0.2) is 12.2 Å². The molecule has 7 nitrogen and oxygen atoms in total. The van der Waals surface area contributed by atoms with Crippen LogP contribution in [0.4, 0.5) is 0 Å². The highest BCUT2D eigenvalue weighted by Gasteiger charge is 2.39. The van der Waals surface area contributed by atoms with Gasteiger partial charge in [-0.05, 0) is 38.5 Å². The number of hydrogen-bond donors (Lipinski definition) is 2. The summed E-state index contributed by atoms with van der Waals surface area (Å²) in [5.74, 6) is -0.891. The van der Waals surface area contributed by atoms with Gasteiger partial charge in [-0.1, -0.05) is 25.0 Å². The minimum atomic E-state index is -0.502. The summed E-state index contributed by atoms with van der Waals surface area (Å²) >= 11 is 0. The number of aliphatic hydroxyl groups excluding tert-OH is 1. The molecule has 0 aromatic rings. The normalized spacial score (nSPS) is 28.5. The summed E-state index contributed by atoms with van der Waals surface area (Å²) in [7, 11) is 0. The average molecular weight is 392 g/mol. The van der Waals surface area contributed by atoms with Gasteiger partial charge < -0.3 is 20.1 Å². The van der Waals surface area contributed by atoms with E-state index in [9.17, 15) is 19.5 Å². The first-order valence-electron chi connectivity index (χ1n) is 10.6. The molecule has 2 amide bonds. The highest BCUT2D eigenvalue weighted by Crippen LogP contribution is 2.31. The van der Waals surface area contributed by atoms with Gasteiger partial charge in [0.1, 0.15) is 6.61 Å². The van der Waals surface area contributed by atoms with Crippen LogP contribution in [0.5, 0.6) is 0 Å². The Kier molecular flexibility index (Phi) is 7.10. The minimum absolute atomic E-state index is 0.0308. The van der Waals surface area contributed by atoms with Gasteiger partial charge >= 0.3 is 5.97 Å². The van der Waals surface area contributed by atoms with Crippen molar-refractivity contribution in [2.24, 2.45) is 5.92 Å². The van der Waals surface area contributed by atoms with Gasteiger partial charge in [0.15, 0.2) is 0 Å². The average Bonchev–Trinajstić information content (AvgIpc) is 3.34. The first-order chi connectivity index (χ1) is 13.5. The van der Waals surface area contributed by atoms with Crippen LogP contribution in [0.1, 0.15) is 64.2 Å². The van der Waals surface area contributed by atoms with Crippen LogP contribution in [0.2, 0.25) is 0 Å². The quantitative estimate of drug-likeness (QED) is 0.563. The number of nitrogens with zero attached hydrogens (tertiary/aromatic N) is 1. The van der Waals surface area contributed by atoms with Crippen molar-refractivity contribution < 1.29 is 24.2 Å². The number of amides is 2. The van der Waals surface area contributed by atoms with E-state index in [2.05, 4.69) is 5.32 Å². The molecule has 3 rings (SSSR count). The predicted molar refractivity (Wildman–Crippen MR) is 103 cm³/mol. The van der Waals surface area contributed by atoms with Crippen molar-refractivity contribution in [1.29, 1.82) is 0 Å². The lowest BCUT2D eigenvalue weighted by molar-refractivity contribution is -0.147. The molecule has 0 aromatic heterocycles. The van der Waals surface area contributed by atoms with E-state index in [0.29, 0.717) is 25.8 Å². The molecule has 1 saturated carbocycles. The Morgan fingerprint density at radius 3 is 2.79 bits per heavy atom. The molecule has 1 aliphatic carbocycles. The number of allylic oxidation sites excluding steroid dienone is 2. The number of ether oxygens (including phenoxy) is 1. The van der Waals surface area contributed by atoms with Gasteiger partial charge in [-0.15, -0.1) is 0 Å². The zero-order valence-corrected chi connectivity index (χ0v) is 16.5. The molecule has 1 saturated heterocycles. The van der Waals surface area contributed by atoms with Crippen molar-refractivity contribution >= 4 is 17.8 Å². The molecule has 0 aromatic carbocycles. The second kappa shape index (κ2) is 9.54. The van der Waals surface area contributed by atoms with E-state index in [4.69, 9.17) is 4.74 Å². The van der Waals surface area contributed by atoms with Gasteiger partial charge in [0, 0.05) is 19.4 Å². The third kappa shape index (κ3) is 5.13. The molecule has 0 unspecified atom stereocenters. The molecule has 1 spiro atoms. The first kappa shape index (κ1) is 20.8. The molecule has 0 bridgehead atoms. The van der Waals surface area contributed by atoms with Crippen molar-refractivity contribution in [3.8, 4) is 0 Å². The van der Waals surface area contributed by atoms with Gasteiger partial charge in [-0.2, -0.15) is 0 Å². The molecule has 3 aliphatic rings. The Hall–Kier alpha value is -1.89. The summed E-state index contributed by atoms with van der Waals surface area (Å²) < 4.78 is 5.44. The van der Waals surface area contributed by atoms with E-state index >= 15 is 0 Å². The molecular formula is C21H32N2O5. The second-order valence-electron chi connectivity index (χ2n) is 8.35. The third-order valence-electron chi connectivity index (χ3n) is 6.26. The van der Waals surface area contributed by atoms with Crippen LogP contribution >= 0.6 is 0 Å². The maximum Gasteiger partial charge on any atom is 0.306 e. The monoisotopic (exact) mass is 392 g/mol. The Morgan fingerprint density at radius 2 is 2.04 bits per heavy atom. The molecule has 2 aliphatic heterocycles. The van der Waals surface area contributed by atoms with Crippen molar-refractivity contribution in [2.45, 2.75) is 75.8 Å². The lowest BCUT2D eigenvalue weighted by Crippen LogP contribution is -2.52. The van der Waals surface area contributed by atoms with Crippen LogP contribution < -0.4 is 5.32 Å². The van der Waals surface area contributed by atoms with E-state index < -0.39 is 11.5 Å². The number of esters is 1. The number of nitrogens with one attached hydrogen (secondary N) is 1. The molecular weight excluding hydrogens is 360 g/mol. The molecule has 28 heavy (non-hydrogen) atoms. The largest absolute Gasteiger partial charge is 0.463 e. The summed E-state index contributed by atoms with van der Waals surface area (Å²) in [5, 5.41) is 12.6. The van der Waals surface area contributed by atoms with Crippen LogP contribution in [0.25, 0.3) is 0 Å². The van der Waals surface area contributed by atoms with Crippen LogP contribution in [-0.4, -0.2) is 59.1 Å². The van der Waals surface area contributed by atoms with E-state index in [-0.39, 0.29) is 43.5 Å². The van der Waals surface area contributed by atoms with E-state index in [1.54, 1.807) is 4.90 Å². The molecule has 7 heteroatoms. The number of aliphatic hydroxyl groups is 1. The Labute approximate surface area is 166 Å². The summed E-state index contributed by atoms with van der Waals surface area (Å²) in [6, 6.07) is -0.127. The fourth-order valence-corrected chi connectivity index (χ4v) is 4.56. The molecule has 156 valence electrons. The molecule has 2 heterocycles. The predicted octanol–water partition coefficient (Wildman–Crippen LogP) is 1.69. The van der Waals surface area contributed by atoms with Crippen molar-refractivity contribution in [2.75, 3.05) is 19.8 Å². The number of carbonyl (C=O) groups excluding carboxylic acids is 3. The maximum atomic E-state index is 13.1. The number of likely N-dealkylation sites (tertiary alicyclic amines) is 1. The summed E-state index contributed by atoms with van der Waals surface area (Å²) in [6.07, 6.45) is 10.6. The number of rotatable bonds is 3. The maximum absolute atomic E-state index is 13.1. The van der Waals surface area contributed by atoms with Gasteiger partial charge in [-0.3, -0.25) is 14.4 Å². The lowest BCUT2D eigenvalue weighted by atomic mass is 9.93. The van der Waals surface area contributed by atoms with Gasteiger partial charge in [0.05, 0.1) is 24.1 Å². The number of cyclic esters (lactones) is 1. The molecule has 2 atom stereocenters. The molecule has 2 fully saturated rings. The standard InChI is InChI=1S/C21H32N2O5/c24-14-17-8-6-12-23(17)18(25)13-16-7-2-1-3-9-19(26)28-15-21(22-20(16)27)10-4-5-11-21/h1-2,16-17,24H,3-15H2,(H,22,27)/t16-,17+/m1/s1. The summed E-state index contributed by atoms with van der Waals surface area (Å²) in [5.41, 5.74) is -0.502. The lowest BCUT2D eigenvalue weighted by Gasteiger charge is -2.32. The Balaban J connectivity index is 1.72. The van der Waals surface area contributed by atoms with Crippen molar-refractivity contribution in [3.63, 3.8) is 0 Å². The zero-order chi connectivity index (χ0) is 20.0. The topological polar surface area (TPSA) is 95.9 Å². The van der Waals surface area contributed by atoms with Gasteiger partial charge in [0.2, 0.25) is 11.8 Å². The highest BCUT2D eigenvalue weighted by atomic mass is 16.5. The van der Waals surface area contributed by atoms with Crippen LogP contribution in [-0.2, 0) is 19.1 Å². The fourth-order valence-electron chi connectivity index (χ4n) is 4.56. The first-order valence-corrected chi connectivity index (χ1v) is 10.6. The second-order valence-corrected chi connectivity index (χ2v) is 8.35. The van der Waals surface area contributed by atoms with Crippen LogP contribution in [0, 0.1) is 5.92 Å². The van der Waals surface area contributed by atoms with E-state index in [1.165, 1.54) is 0 Å². The summed E-state index contributed by atoms with van der Waals surface area (Å²) in [4.78, 5) is 39.5. The fraction of sp³-hybridized carbons (Fsp3) is 0.762. The smallest absolute Gasteiger partial charge is 0.306 e. The van der Waals surface area contributed by atoms with Gasteiger partial charge in [-0.25, -0.2) is 0 Å². The van der Waals surface area contributed by atoms with Crippen molar-refractivity contribution in [3.05, 3.63) is 12.2 Å². The van der Waals surface area contributed by atoms with Crippen LogP contribution in [0.3, 0.4) is 0 Å². The van der Waals surface area contributed by atoms with Crippen molar-refractivity contribution in [1.82, 2.24) is 10.2 Å². The van der Waals surface area contributed by atoms with Gasteiger partial charge in [0.25, 0.3) is 0 Å². The number of hydrogen-bond acceptors (Lipinski definition) is 5. The molecule has 0 radical (unpaired) electrons. The van der Waals surface area contributed by atoms with E-state index in [1.807, 2.05) is 12.2 Å². The minimum Gasteiger partial charge on any atom is -0.463 e. The SMILES string of the molecule is O=C1CCC=CC[C@H](CC(=O)N2CCC[C@H]2CO)C(=O)NC2(CCCC2)CO1. The Morgan fingerprint density at radius 1 is 1.25 bits per heavy atom. The zero-order valence-electron chi connectivity index (χ0n) is 16.5.